The number of rotatable bonds is 2. The molecule has 126 valence electrons. The Hall–Kier alpha value is -2.75. The Morgan fingerprint density at radius 3 is 2.56 bits per heavy atom. The van der Waals surface area contributed by atoms with E-state index in [1.807, 2.05) is 0 Å². The van der Waals surface area contributed by atoms with Gasteiger partial charge in [-0.15, -0.1) is 0 Å². The van der Waals surface area contributed by atoms with E-state index in [4.69, 9.17) is 5.10 Å². The van der Waals surface area contributed by atoms with Crippen molar-refractivity contribution in [1.29, 1.82) is 0 Å². The molecular weight excluding hydrogens is 308 g/mol. The molecule has 2 aliphatic rings. The molecule has 0 amide bonds. The normalized spacial score (nSPS) is 18.6. The third kappa shape index (κ3) is 2.40. The average Bonchev–Trinajstić information content (AvgIpc) is 3.30. The van der Waals surface area contributed by atoms with E-state index in [1.54, 1.807) is 0 Å². The van der Waals surface area contributed by atoms with Gasteiger partial charge in [0.25, 0.3) is 0 Å². The van der Waals surface area contributed by atoms with Crippen LogP contribution in [0.25, 0.3) is 11.3 Å². The van der Waals surface area contributed by atoms with E-state index in [1.165, 1.54) is 54.1 Å². The average molecular weight is 330 g/mol. The second-order valence-corrected chi connectivity index (χ2v) is 6.99. The molecule has 0 spiro atoms. The number of para-hydroxylation sites is 1. The molecule has 4 nitrogen and oxygen atoms in total. The molecule has 1 aromatic heterocycles. The molecule has 2 aromatic carbocycles. The van der Waals surface area contributed by atoms with Crippen LogP contribution in [-0.2, 0) is 0 Å². The Balaban J connectivity index is 1.54. The van der Waals surface area contributed by atoms with Crippen LogP contribution < -0.4 is 10.2 Å². The van der Waals surface area contributed by atoms with E-state index in [0.29, 0.717) is 0 Å². The minimum absolute atomic E-state index is 0.0335. The number of nitrogens with zero attached hydrogens (tertiary/aromatic N) is 3. The van der Waals surface area contributed by atoms with Gasteiger partial charge in [-0.2, -0.15) is 5.10 Å². The van der Waals surface area contributed by atoms with Gasteiger partial charge in [0.05, 0.1) is 11.4 Å². The smallest absolute Gasteiger partial charge is 0.147 e. The highest BCUT2D eigenvalue weighted by molar-refractivity contribution is 5.78. The minimum Gasteiger partial charge on any atom is -0.372 e. The fourth-order valence-corrected chi connectivity index (χ4v) is 4.02. The number of fused-ring (bicyclic) bond motifs is 3. The number of benzene rings is 2. The van der Waals surface area contributed by atoms with Gasteiger partial charge in [-0.05, 0) is 49.6 Å². The molecule has 0 bridgehead atoms. The predicted octanol–water partition coefficient (Wildman–Crippen LogP) is 4.43. The number of hydrogen-bond acceptors (Lipinski definition) is 3. The van der Waals surface area contributed by atoms with Crippen molar-refractivity contribution in [3.05, 3.63) is 65.9 Å². The quantitative estimate of drug-likeness (QED) is 0.754. The van der Waals surface area contributed by atoms with Gasteiger partial charge in [0, 0.05) is 30.0 Å². The van der Waals surface area contributed by atoms with Gasteiger partial charge in [0.1, 0.15) is 6.17 Å². The van der Waals surface area contributed by atoms with Gasteiger partial charge in [0.15, 0.2) is 0 Å². The molecular formula is C21H22N4. The predicted molar refractivity (Wildman–Crippen MR) is 102 cm³/mol. The van der Waals surface area contributed by atoms with Gasteiger partial charge in [-0.25, -0.2) is 4.68 Å². The van der Waals surface area contributed by atoms with Crippen LogP contribution >= 0.6 is 0 Å². The Morgan fingerprint density at radius 2 is 1.76 bits per heavy atom. The molecule has 0 radical (unpaired) electrons. The van der Waals surface area contributed by atoms with Gasteiger partial charge < -0.3 is 10.2 Å². The zero-order valence-electron chi connectivity index (χ0n) is 14.4. The van der Waals surface area contributed by atoms with E-state index in [0.717, 1.165) is 5.69 Å². The van der Waals surface area contributed by atoms with Crippen LogP contribution in [0.2, 0.25) is 0 Å². The highest BCUT2D eigenvalue weighted by atomic mass is 15.4. The third-order valence-electron chi connectivity index (χ3n) is 5.28. The van der Waals surface area contributed by atoms with E-state index in [2.05, 4.69) is 76.4 Å². The van der Waals surface area contributed by atoms with E-state index >= 15 is 0 Å². The molecule has 1 saturated heterocycles. The summed E-state index contributed by atoms with van der Waals surface area (Å²) >= 11 is 0. The lowest BCUT2D eigenvalue weighted by Gasteiger charge is -2.29. The summed E-state index contributed by atoms with van der Waals surface area (Å²) < 4.78 is 2.11. The molecule has 1 N–H and O–H groups in total. The second kappa shape index (κ2) is 5.66. The van der Waals surface area contributed by atoms with Crippen LogP contribution in [0.1, 0.15) is 30.3 Å². The standard InChI is InChI=1S/C21H22N4/c1-15-14-20-18-6-2-3-7-19(18)22-21(25(20)23-15)16-8-10-17(11-9-16)24-12-4-5-13-24/h2-3,6-11,14,21-22H,4-5,12-13H2,1H3/t21-/m0/s1. The van der Waals surface area contributed by atoms with Gasteiger partial charge in [-0.3, -0.25) is 0 Å². The van der Waals surface area contributed by atoms with Gasteiger partial charge in [-0.1, -0.05) is 30.3 Å². The van der Waals surface area contributed by atoms with Crippen molar-refractivity contribution in [1.82, 2.24) is 9.78 Å². The molecule has 0 saturated carbocycles. The Bertz CT molecular complexity index is 904. The summed E-state index contributed by atoms with van der Waals surface area (Å²) in [7, 11) is 0. The lowest BCUT2D eigenvalue weighted by atomic mass is 10.0. The lowest BCUT2D eigenvalue weighted by molar-refractivity contribution is 0.571. The summed E-state index contributed by atoms with van der Waals surface area (Å²) in [4.78, 5) is 2.47. The van der Waals surface area contributed by atoms with Crippen molar-refractivity contribution < 1.29 is 0 Å². The lowest BCUT2D eigenvalue weighted by Crippen LogP contribution is -2.25. The topological polar surface area (TPSA) is 33.1 Å². The van der Waals surface area contributed by atoms with Crippen molar-refractivity contribution >= 4 is 11.4 Å². The summed E-state index contributed by atoms with van der Waals surface area (Å²) in [5.74, 6) is 0. The minimum atomic E-state index is 0.0335. The largest absolute Gasteiger partial charge is 0.372 e. The molecule has 2 aliphatic heterocycles. The highest BCUT2D eigenvalue weighted by Crippen LogP contribution is 2.38. The van der Waals surface area contributed by atoms with Crippen LogP contribution in [0.5, 0.6) is 0 Å². The molecule has 3 heterocycles. The molecule has 0 unspecified atom stereocenters. The first kappa shape index (κ1) is 14.6. The fraction of sp³-hybridized carbons (Fsp3) is 0.286. The molecule has 1 fully saturated rings. The number of aryl methyl sites for hydroxylation is 1. The first-order valence-corrected chi connectivity index (χ1v) is 9.06. The zero-order valence-corrected chi connectivity index (χ0v) is 14.4. The number of hydrogen-bond donors (Lipinski definition) is 1. The van der Waals surface area contributed by atoms with Crippen LogP contribution in [0.15, 0.2) is 54.6 Å². The molecule has 25 heavy (non-hydrogen) atoms. The Morgan fingerprint density at radius 1 is 1.00 bits per heavy atom. The first-order chi connectivity index (χ1) is 12.3. The van der Waals surface area contributed by atoms with Crippen molar-refractivity contribution in [3.8, 4) is 11.3 Å². The van der Waals surface area contributed by atoms with Gasteiger partial charge >= 0.3 is 0 Å². The SMILES string of the molecule is Cc1cc2n(n1)[C@@H](c1ccc(N3CCCC3)cc1)Nc1ccccc1-2. The van der Waals surface area contributed by atoms with Crippen LogP contribution in [0.3, 0.4) is 0 Å². The molecule has 0 aliphatic carbocycles. The molecule has 1 atom stereocenters. The highest BCUT2D eigenvalue weighted by Gasteiger charge is 2.26. The molecule has 5 rings (SSSR count). The first-order valence-electron chi connectivity index (χ1n) is 9.06. The van der Waals surface area contributed by atoms with Crippen LogP contribution in [0.4, 0.5) is 11.4 Å². The van der Waals surface area contributed by atoms with Crippen molar-refractivity contribution in [2.75, 3.05) is 23.3 Å². The van der Waals surface area contributed by atoms with Crippen molar-refractivity contribution in [2.24, 2.45) is 0 Å². The Kier molecular flexibility index (Phi) is 3.30. The van der Waals surface area contributed by atoms with E-state index in [-0.39, 0.29) is 6.17 Å². The summed E-state index contributed by atoms with van der Waals surface area (Å²) in [6, 6.07) is 19.6. The molecule has 3 aromatic rings. The molecule has 4 heteroatoms. The van der Waals surface area contributed by atoms with Gasteiger partial charge in [0.2, 0.25) is 0 Å². The van der Waals surface area contributed by atoms with Crippen LogP contribution in [0, 0.1) is 6.92 Å². The summed E-state index contributed by atoms with van der Waals surface area (Å²) in [5.41, 5.74) is 7.18. The van der Waals surface area contributed by atoms with Crippen molar-refractivity contribution in [2.45, 2.75) is 25.9 Å². The van der Waals surface area contributed by atoms with Crippen molar-refractivity contribution in [3.63, 3.8) is 0 Å². The fourth-order valence-electron chi connectivity index (χ4n) is 4.02. The monoisotopic (exact) mass is 330 g/mol. The summed E-state index contributed by atoms with van der Waals surface area (Å²) in [6.45, 7) is 4.41. The second-order valence-electron chi connectivity index (χ2n) is 6.99. The zero-order chi connectivity index (χ0) is 16.8. The number of aromatic nitrogens is 2. The summed E-state index contributed by atoms with van der Waals surface area (Å²) in [5, 5.41) is 8.41. The maximum Gasteiger partial charge on any atom is 0.147 e. The summed E-state index contributed by atoms with van der Waals surface area (Å²) in [6.07, 6.45) is 2.64. The van der Waals surface area contributed by atoms with E-state index < -0.39 is 0 Å². The maximum atomic E-state index is 4.75. The Labute approximate surface area is 148 Å². The van der Waals surface area contributed by atoms with E-state index in [9.17, 15) is 0 Å². The van der Waals surface area contributed by atoms with Crippen LogP contribution in [-0.4, -0.2) is 22.9 Å². The number of anilines is 2. The third-order valence-corrected chi connectivity index (χ3v) is 5.28. The number of nitrogens with one attached hydrogen (secondary N) is 1. The maximum absolute atomic E-state index is 4.75.